The number of aromatic nitrogens is 2. The Morgan fingerprint density at radius 1 is 1.75 bits per heavy atom. The number of aliphatic carboxylic acids is 1. The summed E-state index contributed by atoms with van der Waals surface area (Å²) in [5.74, 6) is -1.24. The lowest BCUT2D eigenvalue weighted by Crippen LogP contribution is -2.37. The van der Waals surface area contributed by atoms with Crippen LogP contribution in [0.15, 0.2) is 6.33 Å². The fourth-order valence-electron chi connectivity index (χ4n) is 1.30. The van der Waals surface area contributed by atoms with Crippen molar-refractivity contribution in [1.29, 1.82) is 0 Å². The highest BCUT2D eigenvalue weighted by Gasteiger charge is 2.28. The van der Waals surface area contributed by atoms with Crippen LogP contribution in [0.25, 0.3) is 0 Å². The molecule has 0 bridgehead atoms. The minimum atomic E-state index is -1.06. The fourth-order valence-corrected chi connectivity index (χ4v) is 1.30. The van der Waals surface area contributed by atoms with E-state index >= 15 is 0 Å². The van der Waals surface area contributed by atoms with Crippen LogP contribution in [0.2, 0.25) is 0 Å². The second-order valence-electron chi connectivity index (χ2n) is 3.38. The number of hydrogen-bond donors (Lipinski definition) is 1. The first-order valence-corrected chi connectivity index (χ1v) is 4.47. The number of carboxylic acid groups (broad SMARTS) is 1. The molecule has 0 aliphatic heterocycles. The van der Waals surface area contributed by atoms with Gasteiger partial charge >= 0.3 is 11.8 Å². The lowest BCUT2D eigenvalue weighted by molar-refractivity contribution is -0.388. The lowest BCUT2D eigenvalue weighted by atomic mass is 10.3. The predicted octanol–water partition coefficient (Wildman–Crippen LogP) is 0.238. The van der Waals surface area contributed by atoms with Gasteiger partial charge in [0, 0.05) is 14.1 Å². The van der Waals surface area contributed by atoms with Crippen LogP contribution in [0.4, 0.5) is 11.6 Å². The molecule has 1 rings (SSSR count). The largest absolute Gasteiger partial charge is 0.480 e. The Bertz CT molecular complexity index is 428. The van der Waals surface area contributed by atoms with Crippen LogP contribution >= 0.6 is 0 Å². The molecule has 16 heavy (non-hydrogen) atoms. The zero-order valence-corrected chi connectivity index (χ0v) is 9.12. The van der Waals surface area contributed by atoms with Gasteiger partial charge in [-0.3, -0.25) is 4.57 Å². The number of anilines is 1. The highest BCUT2D eigenvalue weighted by Crippen LogP contribution is 2.26. The molecule has 8 nitrogen and oxygen atoms in total. The Hall–Kier alpha value is -2.12. The van der Waals surface area contributed by atoms with Gasteiger partial charge in [0.1, 0.15) is 6.04 Å². The maximum atomic E-state index is 10.8. The molecule has 0 aliphatic rings. The van der Waals surface area contributed by atoms with Gasteiger partial charge in [0.05, 0.1) is 0 Å². The molecule has 0 aliphatic carbocycles. The van der Waals surface area contributed by atoms with E-state index in [1.165, 1.54) is 29.8 Å². The van der Waals surface area contributed by atoms with Crippen LogP contribution in [0.1, 0.15) is 6.92 Å². The van der Waals surface area contributed by atoms with Gasteiger partial charge in [-0.05, 0) is 16.8 Å². The quantitative estimate of drug-likeness (QED) is 0.585. The van der Waals surface area contributed by atoms with Crippen molar-refractivity contribution >= 4 is 17.6 Å². The van der Waals surface area contributed by atoms with Crippen LogP contribution < -0.4 is 4.90 Å². The summed E-state index contributed by atoms with van der Waals surface area (Å²) in [5, 5.41) is 19.5. The van der Waals surface area contributed by atoms with Gasteiger partial charge in [0.25, 0.3) is 0 Å². The summed E-state index contributed by atoms with van der Waals surface area (Å²) < 4.78 is 1.41. The van der Waals surface area contributed by atoms with Gasteiger partial charge in [-0.25, -0.2) is 4.79 Å². The van der Waals surface area contributed by atoms with Crippen molar-refractivity contribution in [2.75, 3.05) is 11.9 Å². The highest BCUT2D eigenvalue weighted by atomic mass is 16.6. The number of aryl methyl sites for hydroxylation is 1. The van der Waals surface area contributed by atoms with Gasteiger partial charge in [-0.2, -0.15) is 0 Å². The Labute approximate surface area is 91.3 Å². The van der Waals surface area contributed by atoms with E-state index < -0.39 is 16.9 Å². The zero-order valence-electron chi connectivity index (χ0n) is 9.12. The molecule has 0 aromatic carbocycles. The molecule has 1 atom stereocenters. The molecule has 1 heterocycles. The smallest absolute Gasteiger partial charge is 0.406 e. The summed E-state index contributed by atoms with van der Waals surface area (Å²) in [7, 11) is 3.04. The average Bonchev–Trinajstić information content (AvgIpc) is 2.57. The Balaban J connectivity index is 3.16. The van der Waals surface area contributed by atoms with Gasteiger partial charge in [-0.15, -0.1) is 0 Å². The van der Waals surface area contributed by atoms with E-state index in [4.69, 9.17) is 5.11 Å². The second-order valence-corrected chi connectivity index (χ2v) is 3.38. The maximum Gasteiger partial charge on any atom is 0.406 e. The number of hydrogen-bond acceptors (Lipinski definition) is 5. The van der Waals surface area contributed by atoms with E-state index in [-0.39, 0.29) is 11.6 Å². The number of carboxylic acids is 1. The van der Waals surface area contributed by atoms with Crippen molar-refractivity contribution in [3.8, 4) is 0 Å². The topological polar surface area (TPSA) is 102 Å². The number of imidazole rings is 1. The molecule has 8 heteroatoms. The van der Waals surface area contributed by atoms with E-state index in [1.807, 2.05) is 0 Å². The summed E-state index contributed by atoms with van der Waals surface area (Å²) in [6.45, 7) is 1.44. The van der Waals surface area contributed by atoms with Crippen LogP contribution in [0.5, 0.6) is 0 Å². The molecule has 0 fully saturated rings. The molecular weight excluding hydrogens is 216 g/mol. The predicted molar refractivity (Wildman–Crippen MR) is 55.4 cm³/mol. The van der Waals surface area contributed by atoms with Crippen LogP contribution in [0.3, 0.4) is 0 Å². The minimum Gasteiger partial charge on any atom is -0.480 e. The van der Waals surface area contributed by atoms with Gasteiger partial charge in [0.15, 0.2) is 0 Å². The molecule has 1 aromatic rings. The van der Waals surface area contributed by atoms with Crippen molar-refractivity contribution in [2.45, 2.75) is 13.0 Å². The van der Waals surface area contributed by atoms with Crippen LogP contribution in [-0.4, -0.2) is 38.6 Å². The number of rotatable bonds is 4. The Morgan fingerprint density at radius 3 is 2.75 bits per heavy atom. The number of nitro groups is 1. The van der Waals surface area contributed by atoms with Crippen molar-refractivity contribution in [3.63, 3.8) is 0 Å². The number of likely N-dealkylation sites (N-methyl/N-ethyl adjacent to an activating group) is 1. The molecule has 88 valence electrons. The molecule has 0 saturated carbocycles. The molecule has 0 spiro atoms. The average molecular weight is 228 g/mol. The summed E-state index contributed by atoms with van der Waals surface area (Å²) in [6, 6.07) is -0.867. The summed E-state index contributed by atoms with van der Waals surface area (Å²) in [4.78, 5) is 25.7. The highest BCUT2D eigenvalue weighted by molar-refractivity contribution is 5.78. The summed E-state index contributed by atoms with van der Waals surface area (Å²) >= 11 is 0. The van der Waals surface area contributed by atoms with Gasteiger partial charge < -0.3 is 20.1 Å². The first-order chi connectivity index (χ1) is 7.36. The first-order valence-electron chi connectivity index (χ1n) is 4.47. The number of nitrogens with zero attached hydrogens (tertiary/aromatic N) is 4. The third-order valence-corrected chi connectivity index (χ3v) is 2.33. The fraction of sp³-hybridized carbons (Fsp3) is 0.500. The Kier molecular flexibility index (Phi) is 3.11. The second kappa shape index (κ2) is 4.17. The molecule has 1 N–H and O–H groups in total. The van der Waals surface area contributed by atoms with Gasteiger partial charge in [0.2, 0.25) is 12.1 Å². The first kappa shape index (κ1) is 12.0. The van der Waals surface area contributed by atoms with Crippen LogP contribution in [-0.2, 0) is 11.8 Å². The summed E-state index contributed by atoms with van der Waals surface area (Å²) in [6.07, 6.45) is 1.28. The van der Waals surface area contributed by atoms with Crippen molar-refractivity contribution < 1.29 is 14.8 Å². The van der Waals surface area contributed by atoms with Crippen molar-refractivity contribution in [3.05, 3.63) is 16.4 Å². The maximum absolute atomic E-state index is 10.8. The minimum absolute atomic E-state index is 0.167. The Morgan fingerprint density at radius 2 is 2.31 bits per heavy atom. The molecule has 0 amide bonds. The van der Waals surface area contributed by atoms with E-state index in [0.29, 0.717) is 0 Å². The molecule has 0 radical (unpaired) electrons. The van der Waals surface area contributed by atoms with Crippen molar-refractivity contribution in [2.24, 2.45) is 7.05 Å². The molecule has 1 unspecified atom stereocenters. The monoisotopic (exact) mass is 228 g/mol. The molecule has 1 aromatic heterocycles. The van der Waals surface area contributed by atoms with E-state index in [2.05, 4.69) is 4.98 Å². The van der Waals surface area contributed by atoms with Crippen LogP contribution in [0, 0.1) is 10.1 Å². The zero-order chi connectivity index (χ0) is 12.5. The van der Waals surface area contributed by atoms with E-state index in [0.717, 1.165) is 0 Å². The normalized spacial score (nSPS) is 12.2. The molecule has 0 saturated heterocycles. The van der Waals surface area contributed by atoms with Gasteiger partial charge in [-0.1, -0.05) is 0 Å². The third kappa shape index (κ3) is 1.95. The number of carbonyl (C=O) groups is 1. The van der Waals surface area contributed by atoms with Crippen molar-refractivity contribution in [1.82, 2.24) is 9.55 Å². The van der Waals surface area contributed by atoms with E-state index in [9.17, 15) is 14.9 Å². The molecular formula is C8H12N4O4. The third-order valence-electron chi connectivity index (χ3n) is 2.33. The lowest BCUT2D eigenvalue weighted by Gasteiger charge is -2.22. The standard InChI is InChI=1S/C8H12N4O4/c1-5(8(13)14)11(3)7-6(12(15)16)9-4-10(7)2/h4-5H,1-3H3,(H,13,14). The SMILES string of the molecule is CC(C(=O)O)N(C)c1c([N+](=O)[O-])ncn1C. The van der Waals surface area contributed by atoms with E-state index in [1.54, 1.807) is 7.05 Å². The summed E-state index contributed by atoms with van der Waals surface area (Å²) in [5.41, 5.74) is 0.